The summed E-state index contributed by atoms with van der Waals surface area (Å²) in [5.41, 5.74) is 0. The summed E-state index contributed by atoms with van der Waals surface area (Å²) in [4.78, 5) is 24.4. The van der Waals surface area contributed by atoms with Crippen LogP contribution in [0, 0.1) is 11.8 Å². The van der Waals surface area contributed by atoms with Gasteiger partial charge in [-0.2, -0.15) is 0 Å². The SMILES string of the molecule is CC(C)COCCCN1CC(C)C(=O)NC1=O. The van der Waals surface area contributed by atoms with E-state index in [4.69, 9.17) is 4.74 Å². The fraction of sp³-hybridized carbons (Fsp3) is 0.833. The van der Waals surface area contributed by atoms with Crippen LogP contribution in [0.15, 0.2) is 0 Å². The minimum atomic E-state index is -0.281. The van der Waals surface area contributed by atoms with Crippen LogP contribution in [0.4, 0.5) is 4.79 Å². The molecule has 0 aliphatic carbocycles. The number of nitrogens with zero attached hydrogens (tertiary/aromatic N) is 1. The Morgan fingerprint density at radius 2 is 2.18 bits per heavy atom. The van der Waals surface area contributed by atoms with Crippen LogP contribution in [0.1, 0.15) is 27.2 Å². The molecule has 1 fully saturated rings. The molecule has 1 N–H and O–H groups in total. The molecule has 98 valence electrons. The van der Waals surface area contributed by atoms with Gasteiger partial charge in [-0.1, -0.05) is 20.8 Å². The summed E-state index contributed by atoms with van der Waals surface area (Å²) in [5.74, 6) is 0.234. The van der Waals surface area contributed by atoms with E-state index < -0.39 is 0 Å². The molecular weight excluding hydrogens is 220 g/mol. The van der Waals surface area contributed by atoms with E-state index >= 15 is 0 Å². The van der Waals surface area contributed by atoms with Crippen LogP contribution in [-0.4, -0.2) is 43.1 Å². The molecule has 1 atom stereocenters. The topological polar surface area (TPSA) is 58.6 Å². The highest BCUT2D eigenvalue weighted by molar-refractivity contribution is 5.97. The molecule has 1 heterocycles. The first-order valence-electron chi connectivity index (χ1n) is 6.18. The number of amides is 3. The molecule has 0 aromatic heterocycles. The van der Waals surface area contributed by atoms with E-state index in [9.17, 15) is 9.59 Å². The fourth-order valence-electron chi connectivity index (χ4n) is 1.67. The Bertz CT molecular complexity index is 279. The minimum Gasteiger partial charge on any atom is -0.381 e. The lowest BCUT2D eigenvalue weighted by Gasteiger charge is -2.30. The van der Waals surface area contributed by atoms with Gasteiger partial charge in [0.25, 0.3) is 0 Å². The van der Waals surface area contributed by atoms with Crippen molar-refractivity contribution < 1.29 is 14.3 Å². The van der Waals surface area contributed by atoms with Crippen molar-refractivity contribution in [3.63, 3.8) is 0 Å². The zero-order chi connectivity index (χ0) is 12.8. The Morgan fingerprint density at radius 3 is 2.82 bits per heavy atom. The second-order valence-corrected chi connectivity index (χ2v) is 4.96. The largest absolute Gasteiger partial charge is 0.381 e. The minimum absolute atomic E-state index is 0.121. The van der Waals surface area contributed by atoms with Crippen LogP contribution >= 0.6 is 0 Å². The number of imide groups is 1. The quantitative estimate of drug-likeness (QED) is 0.713. The van der Waals surface area contributed by atoms with Crippen molar-refractivity contribution in [1.82, 2.24) is 10.2 Å². The van der Waals surface area contributed by atoms with E-state index in [2.05, 4.69) is 19.2 Å². The highest BCUT2D eigenvalue weighted by Crippen LogP contribution is 2.07. The Labute approximate surface area is 102 Å². The van der Waals surface area contributed by atoms with Crippen molar-refractivity contribution >= 4 is 11.9 Å². The summed E-state index contributed by atoms with van der Waals surface area (Å²) < 4.78 is 5.44. The number of urea groups is 1. The molecule has 1 saturated heterocycles. The predicted molar refractivity (Wildman–Crippen MR) is 64.5 cm³/mol. The van der Waals surface area contributed by atoms with E-state index in [-0.39, 0.29) is 17.9 Å². The lowest BCUT2D eigenvalue weighted by molar-refractivity contribution is -0.125. The molecule has 5 heteroatoms. The number of carbonyl (C=O) groups excluding carboxylic acids is 2. The maximum Gasteiger partial charge on any atom is 0.324 e. The molecule has 5 nitrogen and oxygen atoms in total. The van der Waals surface area contributed by atoms with E-state index in [1.807, 2.05) is 6.92 Å². The van der Waals surface area contributed by atoms with Crippen molar-refractivity contribution in [2.45, 2.75) is 27.2 Å². The highest BCUT2D eigenvalue weighted by Gasteiger charge is 2.28. The summed E-state index contributed by atoms with van der Waals surface area (Å²) >= 11 is 0. The van der Waals surface area contributed by atoms with Crippen LogP contribution in [0.25, 0.3) is 0 Å². The Kier molecular flexibility index (Phi) is 5.41. The third kappa shape index (κ3) is 4.73. The van der Waals surface area contributed by atoms with Crippen molar-refractivity contribution in [2.75, 3.05) is 26.3 Å². The lowest BCUT2D eigenvalue weighted by Crippen LogP contribution is -2.53. The average molecular weight is 242 g/mol. The molecule has 0 aromatic rings. The number of ether oxygens (including phenoxy) is 1. The zero-order valence-electron chi connectivity index (χ0n) is 10.9. The maximum atomic E-state index is 11.5. The fourth-order valence-corrected chi connectivity index (χ4v) is 1.67. The van der Waals surface area contributed by atoms with Gasteiger partial charge in [-0.15, -0.1) is 0 Å². The van der Waals surface area contributed by atoms with Crippen LogP contribution in [0.3, 0.4) is 0 Å². The first-order chi connectivity index (χ1) is 8.00. The summed E-state index contributed by atoms with van der Waals surface area (Å²) in [6.07, 6.45) is 0.807. The van der Waals surface area contributed by atoms with Gasteiger partial charge >= 0.3 is 6.03 Å². The van der Waals surface area contributed by atoms with Gasteiger partial charge in [0.2, 0.25) is 5.91 Å². The van der Waals surface area contributed by atoms with Crippen LogP contribution < -0.4 is 5.32 Å². The molecule has 1 aliphatic heterocycles. The first kappa shape index (κ1) is 14.0. The van der Waals surface area contributed by atoms with Gasteiger partial charge in [0.1, 0.15) is 0 Å². The standard InChI is InChI=1S/C12H22N2O3/c1-9(2)8-17-6-4-5-14-7-10(3)11(15)13-12(14)16/h9-10H,4-8H2,1-3H3,(H,13,15,16). The van der Waals surface area contributed by atoms with Crippen LogP contribution in [0.2, 0.25) is 0 Å². The molecule has 0 aromatic carbocycles. The maximum absolute atomic E-state index is 11.5. The van der Waals surface area contributed by atoms with Gasteiger partial charge in [0.15, 0.2) is 0 Å². The van der Waals surface area contributed by atoms with E-state index in [0.29, 0.717) is 25.6 Å². The molecule has 0 spiro atoms. The number of hydrogen-bond donors (Lipinski definition) is 1. The summed E-state index contributed by atoms with van der Waals surface area (Å²) in [5, 5.41) is 2.35. The number of hydrogen-bond acceptors (Lipinski definition) is 3. The van der Waals surface area contributed by atoms with Crippen LogP contribution in [0.5, 0.6) is 0 Å². The molecule has 0 saturated carbocycles. The van der Waals surface area contributed by atoms with Crippen molar-refractivity contribution in [3.8, 4) is 0 Å². The molecule has 1 unspecified atom stereocenters. The Balaban J connectivity index is 2.18. The van der Waals surface area contributed by atoms with Gasteiger partial charge in [0, 0.05) is 26.3 Å². The number of rotatable bonds is 6. The molecule has 1 aliphatic rings. The zero-order valence-corrected chi connectivity index (χ0v) is 10.9. The summed E-state index contributed by atoms with van der Waals surface area (Å²) in [6, 6.07) is -0.281. The highest BCUT2D eigenvalue weighted by atomic mass is 16.5. The molecule has 3 amide bonds. The normalized spacial score (nSPS) is 20.9. The molecule has 0 radical (unpaired) electrons. The molecule has 1 rings (SSSR count). The van der Waals surface area contributed by atoms with Gasteiger partial charge < -0.3 is 9.64 Å². The van der Waals surface area contributed by atoms with Crippen molar-refractivity contribution in [1.29, 1.82) is 0 Å². The van der Waals surface area contributed by atoms with Crippen LogP contribution in [-0.2, 0) is 9.53 Å². The first-order valence-corrected chi connectivity index (χ1v) is 6.18. The van der Waals surface area contributed by atoms with Crippen molar-refractivity contribution in [3.05, 3.63) is 0 Å². The van der Waals surface area contributed by atoms with E-state index in [1.165, 1.54) is 0 Å². The van der Waals surface area contributed by atoms with Gasteiger partial charge in [-0.25, -0.2) is 4.79 Å². The predicted octanol–water partition coefficient (Wildman–Crippen LogP) is 1.24. The van der Waals surface area contributed by atoms with Gasteiger partial charge in [-0.05, 0) is 12.3 Å². The van der Waals surface area contributed by atoms with E-state index in [1.54, 1.807) is 4.90 Å². The molecule has 0 bridgehead atoms. The summed E-state index contributed by atoms with van der Waals surface area (Å²) in [7, 11) is 0. The molecule has 17 heavy (non-hydrogen) atoms. The second kappa shape index (κ2) is 6.59. The summed E-state index contributed by atoms with van der Waals surface area (Å²) in [6.45, 7) is 8.59. The Hall–Kier alpha value is -1.10. The lowest BCUT2D eigenvalue weighted by atomic mass is 10.1. The molecular formula is C12H22N2O3. The van der Waals surface area contributed by atoms with Crippen molar-refractivity contribution in [2.24, 2.45) is 11.8 Å². The average Bonchev–Trinajstić information content (AvgIpc) is 2.24. The monoisotopic (exact) mass is 242 g/mol. The number of carbonyl (C=O) groups is 2. The van der Waals surface area contributed by atoms with Gasteiger partial charge in [0.05, 0.1) is 5.92 Å². The third-order valence-corrected chi connectivity index (χ3v) is 2.63. The smallest absolute Gasteiger partial charge is 0.324 e. The Morgan fingerprint density at radius 1 is 1.47 bits per heavy atom. The van der Waals surface area contributed by atoms with E-state index in [0.717, 1.165) is 13.0 Å². The number of nitrogens with one attached hydrogen (secondary N) is 1. The second-order valence-electron chi connectivity index (χ2n) is 4.96. The third-order valence-electron chi connectivity index (χ3n) is 2.63. The van der Waals surface area contributed by atoms with Gasteiger partial charge in [-0.3, -0.25) is 10.1 Å².